The van der Waals surface area contributed by atoms with Crippen LogP contribution in [0.1, 0.15) is 10.4 Å². The van der Waals surface area contributed by atoms with E-state index in [9.17, 15) is 9.90 Å². The second-order valence-electron chi connectivity index (χ2n) is 4.18. The Morgan fingerprint density at radius 3 is 1.83 bits per heavy atom. The first-order chi connectivity index (χ1) is 8.70. The van der Waals surface area contributed by atoms with Crippen molar-refractivity contribution in [1.29, 1.82) is 0 Å². The standard InChI is InChI=1S/C15H11NO2/c16-14-12-8-4-2-6-10(12)9-5-1-3-7-11(9)13(14)15(17)18/h1-8H,16H2,(H,17,18). The SMILES string of the molecule is Nc1c(C(=O)O)c2ccccc2c2ccccc12. The topological polar surface area (TPSA) is 63.3 Å². The van der Waals surface area contributed by atoms with Crippen molar-refractivity contribution in [3.05, 3.63) is 54.1 Å². The van der Waals surface area contributed by atoms with Crippen LogP contribution in [0.15, 0.2) is 48.5 Å². The molecule has 3 N–H and O–H groups in total. The number of nitrogen functional groups attached to an aromatic ring is 1. The smallest absolute Gasteiger partial charge is 0.338 e. The minimum Gasteiger partial charge on any atom is -0.478 e. The molecule has 18 heavy (non-hydrogen) atoms. The van der Waals surface area contributed by atoms with E-state index < -0.39 is 5.97 Å². The van der Waals surface area contributed by atoms with E-state index in [1.54, 1.807) is 6.07 Å². The Balaban J connectivity index is 2.66. The highest BCUT2D eigenvalue weighted by molar-refractivity contribution is 6.21. The molecule has 3 heteroatoms. The van der Waals surface area contributed by atoms with Crippen LogP contribution in [0.2, 0.25) is 0 Å². The summed E-state index contributed by atoms with van der Waals surface area (Å²) in [6.07, 6.45) is 0. The lowest BCUT2D eigenvalue weighted by atomic mass is 9.95. The molecular weight excluding hydrogens is 226 g/mol. The average molecular weight is 237 g/mol. The summed E-state index contributed by atoms with van der Waals surface area (Å²) in [4.78, 5) is 11.4. The van der Waals surface area contributed by atoms with E-state index in [2.05, 4.69) is 0 Å². The molecule has 3 aromatic carbocycles. The third-order valence-corrected chi connectivity index (χ3v) is 3.19. The van der Waals surface area contributed by atoms with Gasteiger partial charge in [-0.3, -0.25) is 0 Å². The molecule has 0 saturated carbocycles. The number of carbonyl (C=O) groups is 1. The quantitative estimate of drug-likeness (QED) is 0.504. The van der Waals surface area contributed by atoms with Crippen LogP contribution in [-0.4, -0.2) is 11.1 Å². The van der Waals surface area contributed by atoms with Crippen LogP contribution >= 0.6 is 0 Å². The van der Waals surface area contributed by atoms with Gasteiger partial charge in [0.05, 0.1) is 11.3 Å². The van der Waals surface area contributed by atoms with Crippen molar-refractivity contribution in [2.75, 3.05) is 5.73 Å². The van der Waals surface area contributed by atoms with Crippen LogP contribution in [0.3, 0.4) is 0 Å². The number of carboxylic acid groups (broad SMARTS) is 1. The minimum atomic E-state index is -0.991. The molecule has 0 unspecified atom stereocenters. The van der Waals surface area contributed by atoms with Gasteiger partial charge in [-0.25, -0.2) is 4.79 Å². The molecule has 0 radical (unpaired) electrons. The summed E-state index contributed by atoms with van der Waals surface area (Å²) in [5, 5.41) is 12.7. The van der Waals surface area contributed by atoms with Gasteiger partial charge in [0.15, 0.2) is 0 Å². The van der Waals surface area contributed by atoms with E-state index in [4.69, 9.17) is 5.73 Å². The molecular formula is C15H11NO2. The third kappa shape index (κ3) is 1.34. The fourth-order valence-electron chi connectivity index (χ4n) is 2.40. The Hall–Kier alpha value is -2.55. The van der Waals surface area contributed by atoms with Crippen LogP contribution < -0.4 is 5.73 Å². The monoisotopic (exact) mass is 237 g/mol. The molecule has 3 rings (SSSR count). The van der Waals surface area contributed by atoms with E-state index in [0.29, 0.717) is 11.1 Å². The highest BCUT2D eigenvalue weighted by Crippen LogP contribution is 2.34. The van der Waals surface area contributed by atoms with Gasteiger partial charge in [0, 0.05) is 5.39 Å². The number of hydrogen-bond acceptors (Lipinski definition) is 2. The zero-order valence-corrected chi connectivity index (χ0v) is 9.55. The van der Waals surface area contributed by atoms with Gasteiger partial charge in [0.2, 0.25) is 0 Å². The van der Waals surface area contributed by atoms with E-state index in [1.807, 2.05) is 42.5 Å². The summed E-state index contributed by atoms with van der Waals surface area (Å²) in [6, 6.07) is 15.0. The van der Waals surface area contributed by atoms with Gasteiger partial charge in [-0.05, 0) is 16.2 Å². The van der Waals surface area contributed by atoms with Crippen LogP contribution in [0.4, 0.5) is 5.69 Å². The molecule has 0 bridgehead atoms. The Morgan fingerprint density at radius 2 is 1.28 bits per heavy atom. The van der Waals surface area contributed by atoms with E-state index >= 15 is 0 Å². The van der Waals surface area contributed by atoms with Crippen molar-refractivity contribution in [2.24, 2.45) is 0 Å². The highest BCUT2D eigenvalue weighted by Gasteiger charge is 2.16. The Kier molecular flexibility index (Phi) is 2.20. The number of anilines is 1. The number of hydrogen-bond donors (Lipinski definition) is 2. The predicted molar refractivity (Wildman–Crippen MR) is 72.8 cm³/mol. The number of carboxylic acids is 1. The summed E-state index contributed by atoms with van der Waals surface area (Å²) < 4.78 is 0. The molecule has 0 spiro atoms. The first-order valence-electron chi connectivity index (χ1n) is 5.62. The Labute approximate surface area is 103 Å². The molecule has 3 nitrogen and oxygen atoms in total. The Bertz CT molecular complexity index is 778. The second-order valence-corrected chi connectivity index (χ2v) is 4.18. The molecule has 0 amide bonds. The summed E-state index contributed by atoms with van der Waals surface area (Å²) in [5.74, 6) is -0.991. The zero-order valence-electron chi connectivity index (χ0n) is 9.55. The second kappa shape index (κ2) is 3.74. The fourth-order valence-corrected chi connectivity index (χ4v) is 2.40. The number of benzene rings is 3. The number of aromatic carboxylic acids is 1. The molecule has 0 fully saturated rings. The van der Waals surface area contributed by atoms with Gasteiger partial charge in [-0.15, -0.1) is 0 Å². The number of fused-ring (bicyclic) bond motifs is 3. The molecule has 88 valence electrons. The minimum absolute atomic E-state index is 0.185. The Morgan fingerprint density at radius 1 is 0.833 bits per heavy atom. The van der Waals surface area contributed by atoms with E-state index in [0.717, 1.165) is 16.2 Å². The van der Waals surface area contributed by atoms with Crippen molar-refractivity contribution in [3.63, 3.8) is 0 Å². The van der Waals surface area contributed by atoms with Gasteiger partial charge in [-0.2, -0.15) is 0 Å². The summed E-state index contributed by atoms with van der Waals surface area (Å²) in [6.45, 7) is 0. The van der Waals surface area contributed by atoms with Crippen molar-refractivity contribution in [2.45, 2.75) is 0 Å². The van der Waals surface area contributed by atoms with E-state index in [-0.39, 0.29) is 5.56 Å². The first kappa shape index (κ1) is 10.6. The lowest BCUT2D eigenvalue weighted by Gasteiger charge is -2.11. The summed E-state index contributed by atoms with van der Waals surface area (Å²) >= 11 is 0. The maximum absolute atomic E-state index is 11.4. The first-order valence-corrected chi connectivity index (χ1v) is 5.62. The molecule has 0 aliphatic heterocycles. The molecule has 0 aromatic heterocycles. The van der Waals surface area contributed by atoms with Crippen molar-refractivity contribution in [1.82, 2.24) is 0 Å². The largest absolute Gasteiger partial charge is 0.478 e. The lowest BCUT2D eigenvalue weighted by Crippen LogP contribution is -2.04. The molecule has 0 heterocycles. The van der Waals surface area contributed by atoms with Gasteiger partial charge in [0.1, 0.15) is 0 Å². The van der Waals surface area contributed by atoms with Crippen LogP contribution in [0.25, 0.3) is 21.5 Å². The van der Waals surface area contributed by atoms with Crippen LogP contribution in [0, 0.1) is 0 Å². The van der Waals surface area contributed by atoms with Gasteiger partial charge >= 0.3 is 5.97 Å². The predicted octanol–water partition coefficient (Wildman–Crippen LogP) is 3.27. The summed E-state index contributed by atoms with van der Waals surface area (Å²) in [5.41, 5.74) is 6.52. The third-order valence-electron chi connectivity index (χ3n) is 3.19. The maximum atomic E-state index is 11.4. The van der Waals surface area contributed by atoms with Crippen LogP contribution in [-0.2, 0) is 0 Å². The molecule has 0 atom stereocenters. The maximum Gasteiger partial charge on any atom is 0.338 e. The molecule has 0 aliphatic carbocycles. The van der Waals surface area contributed by atoms with Crippen LogP contribution in [0.5, 0.6) is 0 Å². The van der Waals surface area contributed by atoms with Gasteiger partial charge < -0.3 is 10.8 Å². The normalized spacial score (nSPS) is 10.9. The van der Waals surface area contributed by atoms with Crippen molar-refractivity contribution < 1.29 is 9.90 Å². The van der Waals surface area contributed by atoms with E-state index in [1.165, 1.54) is 0 Å². The average Bonchev–Trinajstić information content (AvgIpc) is 2.39. The molecule has 3 aromatic rings. The van der Waals surface area contributed by atoms with Gasteiger partial charge in [0.25, 0.3) is 0 Å². The highest BCUT2D eigenvalue weighted by atomic mass is 16.4. The molecule has 0 saturated heterocycles. The van der Waals surface area contributed by atoms with Crippen molar-refractivity contribution in [3.8, 4) is 0 Å². The number of nitrogens with two attached hydrogens (primary N) is 1. The fraction of sp³-hybridized carbons (Fsp3) is 0. The van der Waals surface area contributed by atoms with Crippen molar-refractivity contribution >= 4 is 33.2 Å². The summed E-state index contributed by atoms with van der Waals surface area (Å²) in [7, 11) is 0. The number of rotatable bonds is 1. The molecule has 0 aliphatic rings. The van der Waals surface area contributed by atoms with Gasteiger partial charge in [-0.1, -0.05) is 48.5 Å². The lowest BCUT2D eigenvalue weighted by molar-refractivity contribution is 0.0700. The zero-order chi connectivity index (χ0) is 12.7.